The lowest BCUT2D eigenvalue weighted by atomic mass is 9.99. The van der Waals surface area contributed by atoms with E-state index in [4.69, 9.17) is 10.00 Å². The number of aromatic amines is 1. The lowest BCUT2D eigenvalue weighted by molar-refractivity contribution is 0.368. The van der Waals surface area contributed by atoms with Gasteiger partial charge in [-0.2, -0.15) is 5.26 Å². The minimum absolute atomic E-state index is 0.0515. The van der Waals surface area contributed by atoms with Crippen molar-refractivity contribution in [2.24, 2.45) is 0 Å². The van der Waals surface area contributed by atoms with Crippen LogP contribution in [0.3, 0.4) is 0 Å². The molecule has 1 aromatic carbocycles. The van der Waals surface area contributed by atoms with Crippen molar-refractivity contribution >= 4 is 10.8 Å². The molecule has 5 nitrogen and oxygen atoms in total. The van der Waals surface area contributed by atoms with Gasteiger partial charge in [-0.3, -0.25) is 9.78 Å². The summed E-state index contributed by atoms with van der Waals surface area (Å²) in [6, 6.07) is 11.1. The molecule has 0 spiro atoms. The van der Waals surface area contributed by atoms with E-state index in [1.165, 1.54) is 0 Å². The number of benzene rings is 1. The van der Waals surface area contributed by atoms with E-state index >= 15 is 0 Å². The van der Waals surface area contributed by atoms with Gasteiger partial charge in [-0.15, -0.1) is 0 Å². The highest BCUT2D eigenvalue weighted by atomic mass is 16.5. The van der Waals surface area contributed by atoms with E-state index in [-0.39, 0.29) is 12.2 Å². The van der Waals surface area contributed by atoms with Crippen LogP contribution in [0.15, 0.2) is 41.3 Å². The number of nitrogens with one attached hydrogen (secondary N) is 1. The smallest absolute Gasteiger partial charge is 0.255 e. The van der Waals surface area contributed by atoms with Gasteiger partial charge in [0.05, 0.1) is 5.39 Å². The van der Waals surface area contributed by atoms with Crippen LogP contribution in [0.2, 0.25) is 0 Å². The molecule has 2 aromatic heterocycles. The summed E-state index contributed by atoms with van der Waals surface area (Å²) in [5.41, 5.74) is 3.55. The number of nitrogens with zero attached hydrogens (tertiary/aromatic N) is 2. The third kappa shape index (κ3) is 2.79. The molecule has 23 heavy (non-hydrogen) atoms. The molecule has 2 heterocycles. The number of aromatic nitrogens is 2. The molecule has 0 amide bonds. The van der Waals surface area contributed by atoms with Crippen molar-refractivity contribution in [2.45, 2.75) is 13.8 Å². The van der Waals surface area contributed by atoms with Crippen molar-refractivity contribution in [3.05, 3.63) is 58.3 Å². The van der Waals surface area contributed by atoms with Gasteiger partial charge in [0.1, 0.15) is 11.8 Å². The van der Waals surface area contributed by atoms with Crippen molar-refractivity contribution < 1.29 is 4.74 Å². The van der Waals surface area contributed by atoms with Crippen molar-refractivity contribution in [3.63, 3.8) is 0 Å². The molecular formula is C18H15N3O2. The van der Waals surface area contributed by atoms with E-state index in [9.17, 15) is 4.79 Å². The number of rotatable bonds is 3. The summed E-state index contributed by atoms with van der Waals surface area (Å²) < 4.78 is 5.28. The minimum atomic E-state index is -0.191. The van der Waals surface area contributed by atoms with E-state index < -0.39 is 0 Å². The molecule has 1 N–H and O–H groups in total. The van der Waals surface area contributed by atoms with Gasteiger partial charge in [-0.25, -0.2) is 0 Å². The zero-order valence-electron chi connectivity index (χ0n) is 12.9. The Bertz CT molecular complexity index is 984. The molecule has 0 atom stereocenters. The summed E-state index contributed by atoms with van der Waals surface area (Å²) in [6.07, 6.45) is 1.71. The number of pyridine rings is 2. The number of H-pyrrole nitrogens is 1. The summed E-state index contributed by atoms with van der Waals surface area (Å²) in [7, 11) is 0. The van der Waals surface area contributed by atoms with Crippen molar-refractivity contribution in [1.82, 2.24) is 9.97 Å². The SMILES string of the molecule is Cc1ccc(-c2c[nH]c(=O)c3cc(OCC#N)ccc23)c(C)n1. The van der Waals surface area contributed by atoms with Crippen LogP contribution in [0.4, 0.5) is 0 Å². The lowest BCUT2D eigenvalue weighted by Gasteiger charge is -2.10. The molecule has 3 aromatic rings. The maximum atomic E-state index is 12.1. The van der Waals surface area contributed by atoms with E-state index in [1.54, 1.807) is 18.3 Å². The summed E-state index contributed by atoms with van der Waals surface area (Å²) in [4.78, 5) is 19.4. The van der Waals surface area contributed by atoms with Gasteiger partial charge in [-0.1, -0.05) is 6.07 Å². The Kier molecular flexibility index (Phi) is 3.82. The largest absolute Gasteiger partial charge is 0.479 e. The van der Waals surface area contributed by atoms with Crippen molar-refractivity contribution in [3.8, 4) is 22.9 Å². The van der Waals surface area contributed by atoms with E-state index in [1.807, 2.05) is 38.1 Å². The van der Waals surface area contributed by atoms with Crippen LogP contribution in [-0.4, -0.2) is 16.6 Å². The fourth-order valence-corrected chi connectivity index (χ4v) is 2.64. The first-order chi connectivity index (χ1) is 11.1. The molecule has 0 bridgehead atoms. The Hall–Kier alpha value is -3.13. The molecular weight excluding hydrogens is 290 g/mol. The van der Waals surface area contributed by atoms with Gasteiger partial charge in [0, 0.05) is 28.7 Å². The number of fused-ring (bicyclic) bond motifs is 1. The maximum absolute atomic E-state index is 12.1. The summed E-state index contributed by atoms with van der Waals surface area (Å²) in [5, 5.41) is 9.94. The average molecular weight is 305 g/mol. The number of nitriles is 1. The highest BCUT2D eigenvalue weighted by Crippen LogP contribution is 2.30. The summed E-state index contributed by atoms with van der Waals surface area (Å²) >= 11 is 0. The number of aryl methyl sites for hydroxylation is 2. The maximum Gasteiger partial charge on any atom is 0.255 e. The van der Waals surface area contributed by atoms with Crippen LogP contribution in [0.5, 0.6) is 5.75 Å². The molecule has 0 fully saturated rings. The lowest BCUT2D eigenvalue weighted by Crippen LogP contribution is -2.07. The second-order valence-corrected chi connectivity index (χ2v) is 5.27. The van der Waals surface area contributed by atoms with Gasteiger partial charge < -0.3 is 9.72 Å². The zero-order valence-corrected chi connectivity index (χ0v) is 12.9. The molecule has 3 rings (SSSR count). The second kappa shape index (κ2) is 5.93. The topological polar surface area (TPSA) is 78.8 Å². The third-order valence-electron chi connectivity index (χ3n) is 3.69. The van der Waals surface area contributed by atoms with E-state index in [0.717, 1.165) is 27.9 Å². The van der Waals surface area contributed by atoms with Crippen LogP contribution in [0.25, 0.3) is 21.9 Å². The average Bonchev–Trinajstić information content (AvgIpc) is 2.54. The van der Waals surface area contributed by atoms with E-state index in [0.29, 0.717) is 11.1 Å². The van der Waals surface area contributed by atoms with Gasteiger partial charge >= 0.3 is 0 Å². The first kappa shape index (κ1) is 14.8. The highest BCUT2D eigenvalue weighted by Gasteiger charge is 2.11. The van der Waals surface area contributed by atoms with Crippen LogP contribution in [0.1, 0.15) is 11.4 Å². The Morgan fingerprint density at radius 2 is 2.00 bits per heavy atom. The Labute approximate surface area is 133 Å². The molecule has 0 saturated heterocycles. The number of ether oxygens (including phenoxy) is 1. The van der Waals surface area contributed by atoms with Gasteiger partial charge in [0.25, 0.3) is 5.56 Å². The minimum Gasteiger partial charge on any atom is -0.479 e. The van der Waals surface area contributed by atoms with Crippen molar-refractivity contribution in [2.75, 3.05) is 6.61 Å². The molecule has 5 heteroatoms. The monoisotopic (exact) mass is 305 g/mol. The quantitative estimate of drug-likeness (QED) is 0.806. The van der Waals surface area contributed by atoms with Crippen LogP contribution >= 0.6 is 0 Å². The predicted octanol–water partition coefficient (Wildman–Crippen LogP) is 3.11. The van der Waals surface area contributed by atoms with Gasteiger partial charge in [-0.05, 0) is 43.5 Å². The molecule has 0 unspecified atom stereocenters. The van der Waals surface area contributed by atoms with Crippen LogP contribution < -0.4 is 10.3 Å². The number of hydrogen-bond acceptors (Lipinski definition) is 4. The Morgan fingerprint density at radius 1 is 1.17 bits per heavy atom. The molecule has 0 aliphatic rings. The first-order valence-corrected chi connectivity index (χ1v) is 7.20. The van der Waals surface area contributed by atoms with Gasteiger partial charge in [0.15, 0.2) is 6.61 Å². The molecule has 114 valence electrons. The summed E-state index contributed by atoms with van der Waals surface area (Å²) in [6.45, 7) is 3.84. The predicted molar refractivity (Wildman–Crippen MR) is 88.4 cm³/mol. The first-order valence-electron chi connectivity index (χ1n) is 7.20. The van der Waals surface area contributed by atoms with E-state index in [2.05, 4.69) is 9.97 Å². The third-order valence-corrected chi connectivity index (χ3v) is 3.69. The molecule has 0 saturated carbocycles. The standard InChI is InChI=1S/C18H15N3O2/c1-11-3-5-14(12(2)21-11)17-10-20-18(22)16-9-13(23-8-7-19)4-6-15(16)17/h3-6,9-10H,8H2,1-2H3,(H,20,22). The molecule has 0 radical (unpaired) electrons. The normalized spacial score (nSPS) is 10.5. The van der Waals surface area contributed by atoms with Gasteiger partial charge in [0.2, 0.25) is 0 Å². The Balaban J connectivity index is 2.21. The Morgan fingerprint density at radius 3 is 2.74 bits per heavy atom. The second-order valence-electron chi connectivity index (χ2n) is 5.27. The molecule has 0 aliphatic carbocycles. The summed E-state index contributed by atoms with van der Waals surface area (Å²) in [5.74, 6) is 0.500. The van der Waals surface area contributed by atoms with Crippen LogP contribution in [-0.2, 0) is 0 Å². The fraction of sp³-hybridized carbons (Fsp3) is 0.167. The zero-order chi connectivity index (χ0) is 16.4. The fourth-order valence-electron chi connectivity index (χ4n) is 2.64. The number of hydrogen-bond donors (Lipinski definition) is 1. The van der Waals surface area contributed by atoms with Crippen molar-refractivity contribution in [1.29, 1.82) is 5.26 Å². The van der Waals surface area contributed by atoms with Crippen LogP contribution in [0, 0.1) is 25.2 Å². The highest BCUT2D eigenvalue weighted by molar-refractivity contribution is 5.96. The molecule has 0 aliphatic heterocycles.